The van der Waals surface area contributed by atoms with Gasteiger partial charge in [0.25, 0.3) is 0 Å². The van der Waals surface area contributed by atoms with Crippen molar-refractivity contribution in [2.45, 2.75) is 19.1 Å². The van der Waals surface area contributed by atoms with Crippen molar-refractivity contribution in [3.63, 3.8) is 0 Å². The van der Waals surface area contributed by atoms with E-state index in [1.807, 2.05) is 0 Å². The van der Waals surface area contributed by atoms with Gasteiger partial charge < -0.3 is 14.6 Å². The van der Waals surface area contributed by atoms with E-state index in [2.05, 4.69) is 5.32 Å². The largest absolute Gasteiger partial charge is 0.467 e. The number of benzene rings is 2. The Balaban J connectivity index is 1.97. The molecule has 1 heterocycles. The van der Waals surface area contributed by atoms with Crippen LogP contribution in [0, 0.1) is 5.82 Å². The molecule has 3 aromatic rings. The zero-order chi connectivity index (χ0) is 24.7. The van der Waals surface area contributed by atoms with Gasteiger partial charge in [-0.15, -0.1) is 0 Å². The number of furan rings is 1. The highest BCUT2D eigenvalue weighted by Gasteiger charge is 2.33. The fourth-order valence-electron chi connectivity index (χ4n) is 3.30. The molecule has 1 N–H and O–H groups in total. The van der Waals surface area contributed by atoms with Crippen LogP contribution in [0.2, 0.25) is 0 Å². The Morgan fingerprint density at radius 2 is 1.71 bits per heavy atom. The molecule has 8 nitrogen and oxygen atoms in total. The Kier molecular flexibility index (Phi) is 8.19. The van der Waals surface area contributed by atoms with Crippen LogP contribution >= 0.6 is 0 Å². The quantitative estimate of drug-likeness (QED) is 0.474. The molecule has 3 rings (SSSR count). The second-order valence-electron chi connectivity index (χ2n) is 7.78. The van der Waals surface area contributed by atoms with Crippen LogP contribution in [0.25, 0.3) is 0 Å². The van der Waals surface area contributed by atoms with Gasteiger partial charge in [-0.25, -0.2) is 12.8 Å². The van der Waals surface area contributed by atoms with Crippen molar-refractivity contribution in [1.82, 2.24) is 14.5 Å². The lowest BCUT2D eigenvalue weighted by Crippen LogP contribution is -2.47. The number of nitrogens with zero attached hydrogens (tertiary/aromatic N) is 2. The van der Waals surface area contributed by atoms with E-state index in [0.29, 0.717) is 16.9 Å². The van der Waals surface area contributed by atoms with Crippen molar-refractivity contribution in [3.8, 4) is 0 Å². The first-order valence-electron chi connectivity index (χ1n) is 10.5. The number of nitrogens with one attached hydrogen (secondary N) is 1. The summed E-state index contributed by atoms with van der Waals surface area (Å²) in [5.74, 6) is -0.957. The topological polar surface area (TPSA) is 99.9 Å². The van der Waals surface area contributed by atoms with Gasteiger partial charge in [-0.2, -0.15) is 4.31 Å². The molecule has 0 aliphatic heterocycles. The number of carbonyl (C=O) groups excluding carboxylic acids is 2. The van der Waals surface area contributed by atoms with Crippen LogP contribution in [-0.4, -0.2) is 49.3 Å². The Bertz CT molecular complexity index is 1200. The van der Waals surface area contributed by atoms with Gasteiger partial charge >= 0.3 is 0 Å². The summed E-state index contributed by atoms with van der Waals surface area (Å²) in [6.45, 7) is -0.393. The number of hydrogen-bond donors (Lipinski definition) is 1. The van der Waals surface area contributed by atoms with Crippen LogP contribution in [0.1, 0.15) is 22.9 Å². The summed E-state index contributed by atoms with van der Waals surface area (Å²) in [5.41, 5.74) is 1.12. The summed E-state index contributed by atoms with van der Waals surface area (Å²) in [6, 6.07) is 16.6. The molecule has 0 radical (unpaired) electrons. The molecule has 0 saturated carbocycles. The Morgan fingerprint density at radius 3 is 2.29 bits per heavy atom. The smallest absolute Gasteiger partial charge is 0.247 e. The third kappa shape index (κ3) is 6.75. The number of likely N-dealkylation sites (N-methyl/N-ethyl adjacent to an activating group) is 1. The van der Waals surface area contributed by atoms with Gasteiger partial charge in [0, 0.05) is 13.6 Å². The van der Waals surface area contributed by atoms with E-state index in [0.717, 1.165) is 10.6 Å². The van der Waals surface area contributed by atoms with Crippen LogP contribution in [0.5, 0.6) is 0 Å². The summed E-state index contributed by atoms with van der Waals surface area (Å²) in [6.07, 6.45) is 2.48. The van der Waals surface area contributed by atoms with E-state index >= 15 is 0 Å². The molecular formula is C24H26FN3O5S. The molecule has 2 amide bonds. The average Bonchev–Trinajstić information content (AvgIpc) is 3.32. The molecule has 10 heteroatoms. The summed E-state index contributed by atoms with van der Waals surface area (Å²) in [7, 11) is -2.35. The highest BCUT2D eigenvalue weighted by atomic mass is 32.2. The molecular weight excluding hydrogens is 461 g/mol. The van der Waals surface area contributed by atoms with Gasteiger partial charge in [0.2, 0.25) is 21.8 Å². The third-order valence-electron chi connectivity index (χ3n) is 5.20. The number of rotatable bonds is 10. The number of amides is 2. The normalized spacial score (nSPS) is 12.4. The minimum atomic E-state index is -3.64. The fourth-order valence-corrected chi connectivity index (χ4v) is 3.65. The maximum atomic E-state index is 13.4. The lowest BCUT2D eigenvalue weighted by molar-refractivity contribution is -0.141. The van der Waals surface area contributed by atoms with Crippen molar-refractivity contribution >= 4 is 21.8 Å². The molecule has 1 aromatic heterocycles. The molecule has 1 atom stereocenters. The summed E-state index contributed by atoms with van der Waals surface area (Å²) < 4.78 is 43.5. The number of carbonyl (C=O) groups is 2. The van der Waals surface area contributed by atoms with Crippen LogP contribution in [-0.2, 0) is 32.7 Å². The zero-order valence-corrected chi connectivity index (χ0v) is 19.7. The number of sulfonamides is 1. The highest BCUT2D eigenvalue weighted by molar-refractivity contribution is 7.88. The minimum absolute atomic E-state index is 0.0373. The second-order valence-corrected chi connectivity index (χ2v) is 9.87. The molecule has 2 aromatic carbocycles. The van der Waals surface area contributed by atoms with E-state index in [1.54, 1.807) is 42.5 Å². The first-order valence-corrected chi connectivity index (χ1v) is 12.3. The molecule has 0 bridgehead atoms. The molecule has 0 saturated heterocycles. The van der Waals surface area contributed by atoms with Crippen LogP contribution in [0.15, 0.2) is 77.4 Å². The van der Waals surface area contributed by atoms with Crippen molar-refractivity contribution in [2.75, 3.05) is 19.8 Å². The van der Waals surface area contributed by atoms with Crippen LogP contribution < -0.4 is 5.32 Å². The second kappa shape index (κ2) is 11.1. The van der Waals surface area contributed by atoms with E-state index in [1.165, 1.54) is 42.5 Å². The first kappa shape index (κ1) is 25.1. The van der Waals surface area contributed by atoms with Crippen molar-refractivity contribution in [2.24, 2.45) is 0 Å². The lowest BCUT2D eigenvalue weighted by Gasteiger charge is -2.32. The SMILES string of the molecule is CN(CC(=O)N(Cc1ccc(F)cc1)[C@H](C(=O)NCc1ccco1)c1ccccc1)S(C)(=O)=O. The fraction of sp³-hybridized carbons (Fsp3) is 0.250. The van der Waals surface area contributed by atoms with Crippen molar-refractivity contribution in [3.05, 3.63) is 95.7 Å². The Hall–Kier alpha value is -3.50. The highest BCUT2D eigenvalue weighted by Crippen LogP contribution is 2.24. The third-order valence-corrected chi connectivity index (χ3v) is 6.46. The molecule has 0 spiro atoms. The molecule has 0 aliphatic carbocycles. The lowest BCUT2D eigenvalue weighted by atomic mass is 10.0. The number of hydrogen-bond acceptors (Lipinski definition) is 5. The maximum Gasteiger partial charge on any atom is 0.247 e. The Morgan fingerprint density at radius 1 is 1.03 bits per heavy atom. The van der Waals surface area contributed by atoms with E-state index in [-0.39, 0.29) is 13.1 Å². The van der Waals surface area contributed by atoms with Crippen molar-refractivity contribution < 1.29 is 26.8 Å². The average molecular weight is 488 g/mol. The minimum Gasteiger partial charge on any atom is -0.467 e. The molecule has 34 heavy (non-hydrogen) atoms. The Labute approximate surface area is 198 Å². The number of halogens is 1. The summed E-state index contributed by atoms with van der Waals surface area (Å²) in [5, 5.41) is 2.78. The van der Waals surface area contributed by atoms with Gasteiger partial charge in [0.05, 0.1) is 25.6 Å². The van der Waals surface area contributed by atoms with Crippen LogP contribution in [0.4, 0.5) is 4.39 Å². The molecule has 0 aliphatic rings. The van der Waals surface area contributed by atoms with Crippen molar-refractivity contribution in [1.29, 1.82) is 0 Å². The van der Waals surface area contributed by atoms with Gasteiger partial charge in [0.1, 0.15) is 17.6 Å². The molecule has 0 unspecified atom stereocenters. The van der Waals surface area contributed by atoms with Gasteiger partial charge in [-0.05, 0) is 35.4 Å². The predicted octanol–water partition coefficient (Wildman–Crippen LogP) is 2.70. The van der Waals surface area contributed by atoms with Gasteiger partial charge in [0.15, 0.2) is 0 Å². The standard InChI is InChI=1S/C24H26FN3O5S/c1-27(34(2,31)32)17-22(29)28(16-18-10-12-20(25)13-11-18)23(19-7-4-3-5-8-19)24(30)26-15-21-9-6-14-33-21/h3-14,23H,15-17H2,1-2H3,(H,26,30)/t23-/m0/s1. The van der Waals surface area contributed by atoms with E-state index < -0.39 is 40.2 Å². The van der Waals surface area contributed by atoms with E-state index in [4.69, 9.17) is 4.42 Å². The predicted molar refractivity (Wildman–Crippen MR) is 124 cm³/mol. The van der Waals surface area contributed by atoms with Gasteiger partial charge in [-0.3, -0.25) is 9.59 Å². The molecule has 0 fully saturated rings. The zero-order valence-electron chi connectivity index (χ0n) is 18.8. The summed E-state index contributed by atoms with van der Waals surface area (Å²) in [4.78, 5) is 28.0. The summed E-state index contributed by atoms with van der Waals surface area (Å²) >= 11 is 0. The van der Waals surface area contributed by atoms with Gasteiger partial charge in [-0.1, -0.05) is 42.5 Å². The monoisotopic (exact) mass is 487 g/mol. The maximum absolute atomic E-state index is 13.4. The van der Waals surface area contributed by atoms with Crippen LogP contribution in [0.3, 0.4) is 0 Å². The van der Waals surface area contributed by atoms with E-state index in [9.17, 15) is 22.4 Å². The molecule has 180 valence electrons. The first-order chi connectivity index (χ1) is 16.1.